The third kappa shape index (κ3) is 1.63. The number of benzene rings is 1. The molecule has 3 rings (SSSR count). The average Bonchev–Trinajstić information content (AvgIpc) is 2.74. The minimum atomic E-state index is 0.586. The Bertz CT molecular complexity index is 424. The first-order valence-electron chi connectivity index (χ1n) is 5.66. The third-order valence-electron chi connectivity index (χ3n) is 3.17. The van der Waals surface area contributed by atoms with E-state index in [1.54, 1.807) is 0 Å². The molecule has 1 aliphatic rings. The first-order chi connectivity index (χ1) is 7.43. The summed E-state index contributed by atoms with van der Waals surface area (Å²) in [6.07, 6.45) is 2.44. The molecule has 0 saturated carbocycles. The maximum Gasteiger partial charge on any atom is 0.349 e. The van der Waals surface area contributed by atoms with Gasteiger partial charge in [-0.2, -0.15) is 4.98 Å². The molecular formula is C12H16N2O+2. The summed E-state index contributed by atoms with van der Waals surface area (Å²) in [5.74, 6) is 1.65. The van der Waals surface area contributed by atoms with Gasteiger partial charge in [0.2, 0.25) is 11.1 Å². The summed E-state index contributed by atoms with van der Waals surface area (Å²) in [6, 6.07) is 8.13. The number of oxazole rings is 1. The Hall–Kier alpha value is -1.35. The van der Waals surface area contributed by atoms with Crippen molar-refractivity contribution in [2.75, 3.05) is 13.1 Å². The highest BCUT2D eigenvalue weighted by Crippen LogP contribution is 2.23. The van der Waals surface area contributed by atoms with E-state index in [4.69, 9.17) is 4.42 Å². The van der Waals surface area contributed by atoms with Crippen LogP contribution in [0.1, 0.15) is 24.7 Å². The molecule has 2 heterocycles. The van der Waals surface area contributed by atoms with Crippen LogP contribution in [0.25, 0.3) is 11.1 Å². The summed E-state index contributed by atoms with van der Waals surface area (Å²) < 4.78 is 5.84. The summed E-state index contributed by atoms with van der Waals surface area (Å²) in [7, 11) is 0. The highest BCUT2D eigenvalue weighted by molar-refractivity contribution is 5.68. The highest BCUT2D eigenvalue weighted by Gasteiger charge is 2.27. The molecule has 1 aliphatic heterocycles. The van der Waals surface area contributed by atoms with Crippen molar-refractivity contribution in [1.82, 2.24) is 0 Å². The standard InChI is InChI=1S/C12H14N2O/c1-2-4-11-10(3-1)14-12(15-11)9-5-7-13-8-6-9/h1-4,9,13H,5-8H2/p+2. The van der Waals surface area contributed by atoms with E-state index in [0.29, 0.717) is 5.92 Å². The minimum absolute atomic E-state index is 0.586. The van der Waals surface area contributed by atoms with Gasteiger partial charge in [0.15, 0.2) is 0 Å². The van der Waals surface area contributed by atoms with Crippen molar-refractivity contribution >= 4 is 11.1 Å². The fourth-order valence-electron chi connectivity index (χ4n) is 2.31. The molecule has 0 amide bonds. The number of para-hydroxylation sites is 2. The minimum Gasteiger partial charge on any atom is -0.401 e. The molecule has 1 fully saturated rings. The monoisotopic (exact) mass is 204 g/mol. The number of nitrogens with two attached hydrogens (primary N) is 1. The van der Waals surface area contributed by atoms with Crippen LogP contribution >= 0.6 is 0 Å². The van der Waals surface area contributed by atoms with Crippen molar-refractivity contribution in [3.05, 3.63) is 30.2 Å². The molecule has 78 valence electrons. The maximum atomic E-state index is 5.84. The van der Waals surface area contributed by atoms with Crippen molar-refractivity contribution in [3.8, 4) is 0 Å². The Morgan fingerprint density at radius 1 is 1.20 bits per heavy atom. The molecule has 0 bridgehead atoms. The van der Waals surface area contributed by atoms with Gasteiger partial charge >= 0.3 is 5.89 Å². The van der Waals surface area contributed by atoms with E-state index in [9.17, 15) is 0 Å². The molecule has 3 nitrogen and oxygen atoms in total. The van der Waals surface area contributed by atoms with Crippen LogP contribution in [0.2, 0.25) is 0 Å². The number of rotatable bonds is 1. The van der Waals surface area contributed by atoms with Crippen LogP contribution in [-0.4, -0.2) is 13.1 Å². The van der Waals surface area contributed by atoms with E-state index < -0.39 is 0 Å². The summed E-state index contributed by atoms with van der Waals surface area (Å²) in [4.78, 5) is 3.38. The largest absolute Gasteiger partial charge is 0.401 e. The Morgan fingerprint density at radius 2 is 2.00 bits per heavy atom. The first-order valence-corrected chi connectivity index (χ1v) is 5.66. The topological polar surface area (TPSA) is 43.9 Å². The molecule has 1 aromatic heterocycles. The van der Waals surface area contributed by atoms with Crippen LogP contribution in [0.4, 0.5) is 0 Å². The molecule has 2 aromatic rings. The molecule has 0 unspecified atom stereocenters. The Morgan fingerprint density at radius 3 is 2.80 bits per heavy atom. The van der Waals surface area contributed by atoms with Crippen molar-refractivity contribution in [2.45, 2.75) is 18.8 Å². The summed E-state index contributed by atoms with van der Waals surface area (Å²) >= 11 is 0. The van der Waals surface area contributed by atoms with Gasteiger partial charge in [0.1, 0.15) is 0 Å². The molecule has 0 atom stereocenters. The summed E-state index contributed by atoms with van der Waals surface area (Å²) in [6.45, 7) is 2.44. The van der Waals surface area contributed by atoms with Crippen molar-refractivity contribution in [2.24, 2.45) is 0 Å². The van der Waals surface area contributed by atoms with Gasteiger partial charge in [-0.05, 0) is 6.07 Å². The van der Waals surface area contributed by atoms with Crippen LogP contribution < -0.4 is 10.3 Å². The summed E-state index contributed by atoms with van der Waals surface area (Å²) in [5, 5.41) is 2.37. The first kappa shape index (κ1) is 8.92. The van der Waals surface area contributed by atoms with Gasteiger partial charge in [-0.25, -0.2) is 0 Å². The second-order valence-corrected chi connectivity index (χ2v) is 4.23. The zero-order chi connectivity index (χ0) is 10.1. The van der Waals surface area contributed by atoms with Gasteiger partial charge in [0.05, 0.1) is 19.0 Å². The second-order valence-electron chi connectivity index (χ2n) is 4.23. The van der Waals surface area contributed by atoms with Gasteiger partial charge in [0, 0.05) is 18.9 Å². The van der Waals surface area contributed by atoms with E-state index in [1.807, 2.05) is 18.2 Å². The lowest BCUT2D eigenvalue weighted by Gasteiger charge is -2.13. The number of fused-ring (bicyclic) bond motifs is 1. The number of aromatic amines is 1. The lowest BCUT2D eigenvalue weighted by atomic mass is 9.98. The fraction of sp³-hybridized carbons (Fsp3) is 0.417. The van der Waals surface area contributed by atoms with E-state index in [1.165, 1.54) is 25.9 Å². The fourth-order valence-corrected chi connectivity index (χ4v) is 2.31. The van der Waals surface area contributed by atoms with Gasteiger partial charge < -0.3 is 9.73 Å². The SMILES string of the molecule is c1ccc2oc(C3CC[NH2+]CC3)[nH+]c2c1. The van der Waals surface area contributed by atoms with E-state index in [0.717, 1.165) is 17.0 Å². The van der Waals surface area contributed by atoms with E-state index in [-0.39, 0.29) is 0 Å². The Labute approximate surface area is 88.5 Å². The number of hydrogen-bond acceptors (Lipinski definition) is 1. The normalized spacial score (nSPS) is 18.4. The Balaban J connectivity index is 1.96. The molecular weight excluding hydrogens is 188 g/mol. The van der Waals surface area contributed by atoms with Crippen molar-refractivity contribution in [1.29, 1.82) is 0 Å². The van der Waals surface area contributed by atoms with Gasteiger partial charge in [0.25, 0.3) is 0 Å². The van der Waals surface area contributed by atoms with Crippen LogP contribution in [0.3, 0.4) is 0 Å². The number of H-pyrrole nitrogens is 1. The number of piperidine rings is 1. The third-order valence-corrected chi connectivity index (χ3v) is 3.17. The molecule has 3 N–H and O–H groups in total. The highest BCUT2D eigenvalue weighted by atomic mass is 16.3. The predicted molar refractivity (Wildman–Crippen MR) is 56.4 cm³/mol. The van der Waals surface area contributed by atoms with Crippen LogP contribution in [-0.2, 0) is 0 Å². The lowest BCUT2D eigenvalue weighted by Crippen LogP contribution is -2.86. The molecule has 15 heavy (non-hydrogen) atoms. The zero-order valence-corrected chi connectivity index (χ0v) is 8.70. The van der Waals surface area contributed by atoms with Gasteiger partial charge in [-0.15, -0.1) is 0 Å². The van der Waals surface area contributed by atoms with Crippen LogP contribution in [0.5, 0.6) is 0 Å². The maximum absolute atomic E-state index is 5.84. The average molecular weight is 204 g/mol. The number of hydrogen-bond donors (Lipinski definition) is 1. The Kier molecular flexibility index (Phi) is 2.18. The van der Waals surface area contributed by atoms with Crippen molar-refractivity contribution < 1.29 is 14.7 Å². The summed E-state index contributed by atoms with van der Waals surface area (Å²) in [5.41, 5.74) is 2.09. The molecule has 0 radical (unpaired) electrons. The number of quaternary nitrogens is 1. The molecule has 1 saturated heterocycles. The quantitative estimate of drug-likeness (QED) is 0.729. The molecule has 0 spiro atoms. The molecule has 0 aliphatic carbocycles. The lowest BCUT2D eigenvalue weighted by molar-refractivity contribution is -0.664. The smallest absolute Gasteiger partial charge is 0.349 e. The predicted octanol–water partition coefficient (Wildman–Crippen LogP) is 0.688. The van der Waals surface area contributed by atoms with Crippen molar-refractivity contribution in [3.63, 3.8) is 0 Å². The van der Waals surface area contributed by atoms with E-state index in [2.05, 4.69) is 16.4 Å². The van der Waals surface area contributed by atoms with Gasteiger partial charge in [-0.1, -0.05) is 12.1 Å². The van der Waals surface area contributed by atoms with Crippen LogP contribution in [0, 0.1) is 0 Å². The number of nitrogens with one attached hydrogen (secondary N) is 1. The molecule has 3 heteroatoms. The molecule has 1 aromatic carbocycles. The zero-order valence-electron chi connectivity index (χ0n) is 8.70. The van der Waals surface area contributed by atoms with E-state index >= 15 is 0 Å². The van der Waals surface area contributed by atoms with Crippen LogP contribution in [0.15, 0.2) is 28.7 Å². The second kappa shape index (κ2) is 3.66. The van der Waals surface area contributed by atoms with Gasteiger partial charge in [-0.3, -0.25) is 0 Å². The number of aromatic nitrogens is 1.